The van der Waals surface area contributed by atoms with Gasteiger partial charge in [-0.15, -0.1) is 0 Å². The molecule has 1 saturated carbocycles. The minimum Gasteiger partial charge on any atom is -0.365 e. The van der Waals surface area contributed by atoms with Gasteiger partial charge in [0.25, 0.3) is 0 Å². The summed E-state index contributed by atoms with van der Waals surface area (Å²) in [7, 11) is 0. The molecule has 2 aliphatic rings. The maximum absolute atomic E-state index is 4.61. The Morgan fingerprint density at radius 2 is 2.06 bits per heavy atom. The highest BCUT2D eigenvalue weighted by atomic mass is 32.2. The highest BCUT2D eigenvalue weighted by Crippen LogP contribution is 2.51. The Hall–Kier alpha value is -0.960. The van der Waals surface area contributed by atoms with Crippen LogP contribution in [-0.4, -0.2) is 18.3 Å². The quantitative estimate of drug-likeness (QED) is 0.900. The summed E-state index contributed by atoms with van der Waals surface area (Å²) < 4.78 is 0. The summed E-state index contributed by atoms with van der Waals surface area (Å²) in [5.74, 6) is 0.830. The number of benzene rings is 1. The summed E-state index contributed by atoms with van der Waals surface area (Å²) in [6.45, 7) is 6.68. The molecule has 2 nitrogen and oxygen atoms in total. The lowest BCUT2D eigenvalue weighted by Gasteiger charge is -2.10. The van der Waals surface area contributed by atoms with E-state index in [4.69, 9.17) is 0 Å². The van der Waals surface area contributed by atoms with Gasteiger partial charge in [-0.2, -0.15) is 0 Å². The van der Waals surface area contributed by atoms with Crippen LogP contribution in [0.5, 0.6) is 0 Å². The van der Waals surface area contributed by atoms with E-state index in [1.54, 1.807) is 0 Å². The maximum Gasteiger partial charge on any atom is 0.157 e. The van der Waals surface area contributed by atoms with E-state index in [1.165, 1.54) is 12.0 Å². The molecule has 0 saturated heterocycles. The zero-order valence-corrected chi connectivity index (χ0v) is 11.8. The predicted molar refractivity (Wildman–Crippen MR) is 79.0 cm³/mol. The molecule has 96 valence electrons. The molecule has 1 aliphatic carbocycles. The highest BCUT2D eigenvalue weighted by Gasteiger charge is 2.45. The SMILES string of the molecule is CC1(C)CC1CNC1=NCC(c2ccccc2)S1. The number of nitrogens with zero attached hydrogens (tertiary/aromatic N) is 1. The Morgan fingerprint density at radius 3 is 2.72 bits per heavy atom. The molecule has 1 fully saturated rings. The molecule has 18 heavy (non-hydrogen) atoms. The van der Waals surface area contributed by atoms with E-state index in [0.29, 0.717) is 10.7 Å². The van der Waals surface area contributed by atoms with Gasteiger partial charge in [0.05, 0.1) is 11.8 Å². The second-order valence-corrected chi connectivity index (χ2v) is 7.12. The van der Waals surface area contributed by atoms with Crippen molar-refractivity contribution in [2.75, 3.05) is 13.1 Å². The van der Waals surface area contributed by atoms with Gasteiger partial charge in [-0.1, -0.05) is 55.9 Å². The van der Waals surface area contributed by atoms with Gasteiger partial charge in [0.1, 0.15) is 0 Å². The fourth-order valence-electron chi connectivity index (χ4n) is 2.45. The van der Waals surface area contributed by atoms with Crippen molar-refractivity contribution in [3.8, 4) is 0 Å². The Balaban J connectivity index is 1.50. The summed E-state index contributed by atoms with van der Waals surface area (Å²) in [6.07, 6.45) is 1.35. The van der Waals surface area contributed by atoms with Crippen molar-refractivity contribution in [1.29, 1.82) is 0 Å². The van der Waals surface area contributed by atoms with E-state index >= 15 is 0 Å². The smallest absolute Gasteiger partial charge is 0.157 e. The number of rotatable bonds is 3. The van der Waals surface area contributed by atoms with E-state index < -0.39 is 0 Å². The number of aliphatic imine (C=N–C) groups is 1. The molecule has 3 rings (SSSR count). The first-order chi connectivity index (χ1) is 8.65. The molecule has 2 unspecified atom stereocenters. The van der Waals surface area contributed by atoms with Crippen LogP contribution in [0.3, 0.4) is 0 Å². The van der Waals surface area contributed by atoms with Crippen LogP contribution in [0.1, 0.15) is 31.1 Å². The van der Waals surface area contributed by atoms with Crippen LogP contribution >= 0.6 is 11.8 Å². The van der Waals surface area contributed by atoms with Crippen LogP contribution < -0.4 is 5.32 Å². The summed E-state index contributed by atoms with van der Waals surface area (Å²) in [6, 6.07) is 10.7. The standard InChI is InChI=1S/C15H20N2S/c1-15(2)8-12(15)9-16-14-17-10-13(18-14)11-6-4-3-5-7-11/h3-7,12-13H,8-10H2,1-2H3,(H,16,17). The molecule has 0 amide bonds. The van der Waals surface area contributed by atoms with Gasteiger partial charge in [-0.25, -0.2) is 0 Å². The third kappa shape index (κ3) is 2.56. The zero-order chi connectivity index (χ0) is 12.6. The molecule has 0 radical (unpaired) electrons. The van der Waals surface area contributed by atoms with Gasteiger partial charge in [-0.3, -0.25) is 4.99 Å². The monoisotopic (exact) mass is 260 g/mol. The minimum atomic E-state index is 0.501. The van der Waals surface area contributed by atoms with Crippen LogP contribution in [0.15, 0.2) is 35.3 Å². The molecule has 1 aliphatic heterocycles. The Kier molecular flexibility index (Phi) is 3.10. The van der Waals surface area contributed by atoms with Crippen molar-refractivity contribution in [2.24, 2.45) is 16.3 Å². The average molecular weight is 260 g/mol. The lowest BCUT2D eigenvalue weighted by molar-refractivity contribution is 0.552. The Labute approximate surface area is 113 Å². The van der Waals surface area contributed by atoms with Crippen molar-refractivity contribution >= 4 is 16.9 Å². The number of hydrogen-bond donors (Lipinski definition) is 1. The lowest BCUT2D eigenvalue weighted by Crippen LogP contribution is -2.22. The lowest BCUT2D eigenvalue weighted by atomic mass is 10.1. The molecule has 1 aromatic rings. The molecule has 0 spiro atoms. The van der Waals surface area contributed by atoms with Crippen LogP contribution in [-0.2, 0) is 0 Å². The van der Waals surface area contributed by atoms with E-state index in [9.17, 15) is 0 Å². The van der Waals surface area contributed by atoms with E-state index in [0.717, 1.165) is 24.2 Å². The van der Waals surface area contributed by atoms with Gasteiger partial charge in [0.2, 0.25) is 0 Å². The van der Waals surface area contributed by atoms with Gasteiger partial charge < -0.3 is 5.32 Å². The fourth-order valence-corrected chi connectivity index (χ4v) is 3.48. The number of amidine groups is 1. The van der Waals surface area contributed by atoms with Crippen LogP contribution in [0.2, 0.25) is 0 Å². The molecule has 1 N–H and O–H groups in total. The molecule has 3 heteroatoms. The van der Waals surface area contributed by atoms with Gasteiger partial charge in [-0.05, 0) is 23.3 Å². The number of thioether (sulfide) groups is 1. The number of nitrogens with one attached hydrogen (secondary N) is 1. The van der Waals surface area contributed by atoms with Gasteiger partial charge in [0.15, 0.2) is 5.17 Å². The molecular weight excluding hydrogens is 240 g/mol. The van der Waals surface area contributed by atoms with Crippen LogP contribution in [0, 0.1) is 11.3 Å². The number of hydrogen-bond acceptors (Lipinski definition) is 3. The highest BCUT2D eigenvalue weighted by molar-refractivity contribution is 8.14. The third-order valence-electron chi connectivity index (χ3n) is 4.04. The van der Waals surface area contributed by atoms with Crippen molar-refractivity contribution in [3.63, 3.8) is 0 Å². The van der Waals surface area contributed by atoms with E-state index in [-0.39, 0.29) is 0 Å². The predicted octanol–water partition coefficient (Wildman–Crippen LogP) is 3.47. The van der Waals surface area contributed by atoms with Gasteiger partial charge in [0, 0.05) is 6.54 Å². The first-order valence-corrected chi connectivity index (χ1v) is 7.53. The zero-order valence-electron chi connectivity index (χ0n) is 11.0. The molecule has 0 aromatic heterocycles. The molecule has 1 heterocycles. The van der Waals surface area contributed by atoms with E-state index in [2.05, 4.69) is 54.5 Å². The van der Waals surface area contributed by atoms with Crippen LogP contribution in [0.4, 0.5) is 0 Å². The van der Waals surface area contributed by atoms with Gasteiger partial charge >= 0.3 is 0 Å². The molecule has 2 atom stereocenters. The van der Waals surface area contributed by atoms with Crippen molar-refractivity contribution in [2.45, 2.75) is 25.5 Å². The minimum absolute atomic E-state index is 0.501. The normalized spacial score (nSPS) is 28.9. The van der Waals surface area contributed by atoms with E-state index in [1.807, 2.05) is 11.8 Å². The van der Waals surface area contributed by atoms with Crippen molar-refractivity contribution in [3.05, 3.63) is 35.9 Å². The van der Waals surface area contributed by atoms with Crippen molar-refractivity contribution < 1.29 is 0 Å². The fraction of sp³-hybridized carbons (Fsp3) is 0.533. The molecule has 0 bridgehead atoms. The Bertz CT molecular complexity index is 453. The summed E-state index contributed by atoms with van der Waals surface area (Å²) >= 11 is 1.87. The molecule has 1 aromatic carbocycles. The average Bonchev–Trinajstić information content (AvgIpc) is 2.79. The Morgan fingerprint density at radius 1 is 1.33 bits per heavy atom. The summed E-state index contributed by atoms with van der Waals surface area (Å²) in [5, 5.41) is 5.14. The van der Waals surface area contributed by atoms with Crippen molar-refractivity contribution in [1.82, 2.24) is 5.32 Å². The first-order valence-electron chi connectivity index (χ1n) is 6.65. The molecular formula is C15H20N2S. The maximum atomic E-state index is 4.61. The van der Waals surface area contributed by atoms with Crippen LogP contribution in [0.25, 0.3) is 0 Å². The first kappa shape index (κ1) is 12.1. The second kappa shape index (κ2) is 4.61. The topological polar surface area (TPSA) is 24.4 Å². The summed E-state index contributed by atoms with van der Waals surface area (Å²) in [4.78, 5) is 4.61. The second-order valence-electron chi connectivity index (χ2n) is 5.93. The summed E-state index contributed by atoms with van der Waals surface area (Å²) in [5.41, 5.74) is 1.94. The largest absolute Gasteiger partial charge is 0.365 e. The third-order valence-corrected chi connectivity index (χ3v) is 5.25.